The summed E-state index contributed by atoms with van der Waals surface area (Å²) in [5.74, 6) is -0.00726. The summed E-state index contributed by atoms with van der Waals surface area (Å²) >= 11 is 0. The van der Waals surface area contributed by atoms with Crippen LogP contribution in [0.25, 0.3) is 0 Å². The molecule has 0 aliphatic rings. The maximum absolute atomic E-state index is 13.1. The summed E-state index contributed by atoms with van der Waals surface area (Å²) in [6.07, 6.45) is -15.6. The summed E-state index contributed by atoms with van der Waals surface area (Å²) in [5, 5.41) is 0. The third kappa shape index (κ3) is 4.22. The van der Waals surface area contributed by atoms with Gasteiger partial charge in [-0.3, -0.25) is 0 Å². The second kappa shape index (κ2) is 7.39. The maximum atomic E-state index is 13.1. The number of halogens is 9. The van der Waals surface area contributed by atoms with E-state index in [2.05, 4.69) is 0 Å². The molecule has 30 heavy (non-hydrogen) atoms. The lowest BCUT2D eigenvalue weighted by atomic mass is 9.81. The number of alkyl halides is 9. The molecule has 0 N–H and O–H groups in total. The molecule has 0 radical (unpaired) electrons. The highest BCUT2D eigenvalue weighted by Crippen LogP contribution is 2.52. The van der Waals surface area contributed by atoms with Crippen molar-refractivity contribution in [2.24, 2.45) is 0 Å². The van der Waals surface area contributed by atoms with Gasteiger partial charge in [-0.05, 0) is 56.2 Å². The first-order valence-electron chi connectivity index (χ1n) is 8.50. The number of ether oxygens (including phenoxy) is 1. The molecule has 0 aromatic heterocycles. The van der Waals surface area contributed by atoms with Gasteiger partial charge in [0.25, 0.3) is 0 Å². The average molecular weight is 444 g/mol. The van der Waals surface area contributed by atoms with Gasteiger partial charge in [0, 0.05) is 0 Å². The van der Waals surface area contributed by atoms with Crippen LogP contribution in [0.15, 0.2) is 48.5 Å². The van der Waals surface area contributed by atoms with Gasteiger partial charge in [-0.15, -0.1) is 0 Å². The Hall–Kier alpha value is -2.39. The van der Waals surface area contributed by atoms with Gasteiger partial charge >= 0.3 is 18.5 Å². The second-order valence-electron chi connectivity index (χ2n) is 7.39. The quantitative estimate of drug-likeness (QED) is 0.439. The van der Waals surface area contributed by atoms with Crippen molar-refractivity contribution in [3.63, 3.8) is 0 Å². The molecule has 0 saturated heterocycles. The Kier molecular flexibility index (Phi) is 5.88. The Labute approximate surface area is 166 Å². The fraction of sp³-hybridized carbons (Fsp3) is 0.400. The monoisotopic (exact) mass is 444 g/mol. The van der Waals surface area contributed by atoms with Gasteiger partial charge in [0.15, 0.2) is 5.41 Å². The van der Waals surface area contributed by atoms with Crippen molar-refractivity contribution in [1.29, 1.82) is 0 Å². The van der Waals surface area contributed by atoms with Crippen LogP contribution in [0.2, 0.25) is 0 Å². The second-order valence-corrected chi connectivity index (χ2v) is 7.39. The molecule has 2 aromatic rings. The van der Waals surface area contributed by atoms with E-state index in [1.54, 1.807) is 0 Å². The van der Waals surface area contributed by atoms with Crippen LogP contribution in [0.5, 0.6) is 11.5 Å². The van der Waals surface area contributed by atoms with E-state index in [9.17, 15) is 39.5 Å². The van der Waals surface area contributed by atoms with Crippen molar-refractivity contribution in [3.05, 3.63) is 59.7 Å². The summed E-state index contributed by atoms with van der Waals surface area (Å²) in [4.78, 5) is 0. The third-order valence-corrected chi connectivity index (χ3v) is 5.09. The lowest BCUT2D eigenvalue weighted by Gasteiger charge is -2.34. The number of benzene rings is 2. The highest BCUT2D eigenvalue weighted by atomic mass is 19.4. The van der Waals surface area contributed by atoms with Gasteiger partial charge in [-0.2, -0.15) is 39.5 Å². The Balaban J connectivity index is 2.26. The van der Waals surface area contributed by atoms with Crippen LogP contribution < -0.4 is 4.74 Å². The standard InChI is InChI=1S/C20H17F9O/c1-16(2,18(21,22)23)12-4-8-14(9-5-12)30-15-10-6-13(7-11-15)17(3,19(24,25)26)20(27,28)29/h4-11H,1-3H3. The molecule has 0 saturated carbocycles. The van der Waals surface area contributed by atoms with E-state index in [0.717, 1.165) is 26.0 Å². The van der Waals surface area contributed by atoms with Crippen LogP contribution in [0.1, 0.15) is 31.9 Å². The molecule has 2 aromatic carbocycles. The Morgan fingerprint density at radius 1 is 0.500 bits per heavy atom. The zero-order chi connectivity index (χ0) is 23.2. The average Bonchev–Trinajstić information content (AvgIpc) is 2.59. The van der Waals surface area contributed by atoms with Crippen molar-refractivity contribution < 1.29 is 44.3 Å². The van der Waals surface area contributed by atoms with Crippen molar-refractivity contribution in [2.75, 3.05) is 0 Å². The van der Waals surface area contributed by atoms with Gasteiger partial charge in [0.1, 0.15) is 11.5 Å². The predicted molar refractivity (Wildman–Crippen MR) is 91.5 cm³/mol. The fourth-order valence-corrected chi connectivity index (χ4v) is 2.58. The van der Waals surface area contributed by atoms with Gasteiger partial charge in [0.05, 0.1) is 5.41 Å². The summed E-state index contributed by atoms with van der Waals surface area (Å²) in [7, 11) is 0. The minimum atomic E-state index is -5.57. The Bertz CT molecular complexity index is 844. The lowest BCUT2D eigenvalue weighted by molar-refractivity contribution is -0.297. The molecule has 2 rings (SSSR count). The largest absolute Gasteiger partial charge is 0.457 e. The molecule has 0 heterocycles. The molecule has 0 aliphatic carbocycles. The highest BCUT2D eigenvalue weighted by molar-refractivity contribution is 5.39. The molecule has 0 amide bonds. The highest BCUT2D eigenvalue weighted by Gasteiger charge is 2.68. The van der Waals surface area contributed by atoms with E-state index >= 15 is 0 Å². The molecule has 0 fully saturated rings. The van der Waals surface area contributed by atoms with Gasteiger partial charge in [0.2, 0.25) is 0 Å². The first-order chi connectivity index (χ1) is 13.4. The van der Waals surface area contributed by atoms with E-state index < -0.39 is 34.9 Å². The van der Waals surface area contributed by atoms with Gasteiger partial charge in [-0.1, -0.05) is 24.3 Å². The number of rotatable bonds is 4. The molecule has 1 nitrogen and oxygen atoms in total. The summed E-state index contributed by atoms with van der Waals surface area (Å²) < 4.78 is 123. The first kappa shape index (κ1) is 23.9. The smallest absolute Gasteiger partial charge is 0.406 e. The SMILES string of the molecule is CC(C)(c1ccc(Oc2ccc(C(C)(C(F)(F)F)C(F)(F)F)cc2)cc1)C(F)(F)F. The summed E-state index contributed by atoms with van der Waals surface area (Å²) in [6, 6.07) is 7.98. The molecule has 0 spiro atoms. The summed E-state index contributed by atoms with van der Waals surface area (Å²) in [5.41, 5.74) is -7.24. The first-order valence-corrected chi connectivity index (χ1v) is 8.50. The van der Waals surface area contributed by atoms with Crippen molar-refractivity contribution in [2.45, 2.75) is 50.1 Å². The van der Waals surface area contributed by atoms with Gasteiger partial charge < -0.3 is 4.74 Å². The normalized spacial score (nSPS) is 14.0. The molecule has 10 heteroatoms. The number of hydrogen-bond acceptors (Lipinski definition) is 1. The molecular formula is C20H17F9O. The van der Waals surface area contributed by atoms with Crippen molar-refractivity contribution in [1.82, 2.24) is 0 Å². The molecule has 0 aliphatic heterocycles. The Morgan fingerprint density at radius 2 is 0.833 bits per heavy atom. The van der Waals surface area contributed by atoms with Crippen LogP contribution in [0.3, 0.4) is 0 Å². The van der Waals surface area contributed by atoms with Crippen molar-refractivity contribution >= 4 is 0 Å². The lowest BCUT2D eigenvalue weighted by Crippen LogP contribution is -2.51. The van der Waals surface area contributed by atoms with Crippen molar-refractivity contribution in [3.8, 4) is 11.5 Å². The van der Waals surface area contributed by atoms with E-state index in [0.29, 0.717) is 12.1 Å². The summed E-state index contributed by atoms with van der Waals surface area (Å²) in [6.45, 7) is 2.05. The molecular weight excluding hydrogens is 427 g/mol. The molecule has 166 valence electrons. The van der Waals surface area contributed by atoms with E-state index in [1.807, 2.05) is 0 Å². The van der Waals surface area contributed by atoms with Crippen LogP contribution in [0.4, 0.5) is 39.5 Å². The van der Waals surface area contributed by atoms with Crippen LogP contribution in [0, 0.1) is 0 Å². The topological polar surface area (TPSA) is 9.23 Å². The van der Waals surface area contributed by atoms with E-state index in [4.69, 9.17) is 4.74 Å². The molecule has 0 bridgehead atoms. The predicted octanol–water partition coefficient (Wildman–Crippen LogP) is 7.70. The van der Waals surface area contributed by atoms with Crippen LogP contribution in [-0.4, -0.2) is 18.5 Å². The van der Waals surface area contributed by atoms with Crippen LogP contribution in [-0.2, 0) is 10.8 Å². The van der Waals surface area contributed by atoms with Gasteiger partial charge in [-0.25, -0.2) is 0 Å². The maximum Gasteiger partial charge on any atom is 0.406 e. The Morgan fingerprint density at radius 3 is 1.13 bits per heavy atom. The zero-order valence-electron chi connectivity index (χ0n) is 15.9. The molecule has 0 unspecified atom stereocenters. The third-order valence-electron chi connectivity index (χ3n) is 5.09. The molecule has 0 atom stereocenters. The fourth-order valence-electron chi connectivity index (χ4n) is 2.58. The van der Waals surface area contributed by atoms with E-state index in [-0.39, 0.29) is 24.0 Å². The minimum Gasteiger partial charge on any atom is -0.457 e. The number of hydrogen-bond donors (Lipinski definition) is 0. The van der Waals surface area contributed by atoms with E-state index in [1.165, 1.54) is 24.3 Å². The zero-order valence-corrected chi connectivity index (χ0v) is 15.9. The minimum absolute atomic E-state index is 0.0381. The van der Waals surface area contributed by atoms with Crippen LogP contribution >= 0.6 is 0 Å².